The highest BCUT2D eigenvalue weighted by Crippen LogP contribution is 2.24. The molecule has 3 N–H and O–H groups in total. The first-order valence-electron chi connectivity index (χ1n) is 6.28. The lowest BCUT2D eigenvalue weighted by molar-refractivity contribution is 0.0684. The van der Waals surface area contributed by atoms with Gasteiger partial charge in [0.05, 0.1) is 0 Å². The molecule has 0 fully saturated rings. The summed E-state index contributed by atoms with van der Waals surface area (Å²) in [5, 5.41) is 20.3. The Morgan fingerprint density at radius 2 is 2.05 bits per heavy atom. The fourth-order valence-corrected chi connectivity index (χ4v) is 2.87. The first-order chi connectivity index (χ1) is 10.1. The van der Waals surface area contributed by atoms with Crippen molar-refractivity contribution in [3.05, 3.63) is 51.5 Å². The second-order valence-corrected chi connectivity index (χ2v) is 5.45. The van der Waals surface area contributed by atoms with Crippen LogP contribution >= 0.6 is 11.3 Å². The van der Waals surface area contributed by atoms with Crippen molar-refractivity contribution in [2.24, 2.45) is 0 Å². The molecule has 2 aromatic heterocycles. The molecule has 2 aromatic rings. The van der Waals surface area contributed by atoms with Gasteiger partial charge in [0.2, 0.25) is 0 Å². The van der Waals surface area contributed by atoms with Gasteiger partial charge in [-0.25, -0.2) is 14.6 Å². The van der Waals surface area contributed by atoms with Crippen molar-refractivity contribution in [1.29, 1.82) is 0 Å². The largest absolute Gasteiger partial charge is 0.477 e. The Kier molecular flexibility index (Phi) is 5.02. The van der Waals surface area contributed by atoms with Crippen LogP contribution in [0.25, 0.3) is 0 Å². The smallest absolute Gasteiger partial charge is 0.354 e. The van der Waals surface area contributed by atoms with E-state index >= 15 is 0 Å². The standard InChI is InChI=1S/C8H9NO2S.C6H5NO2/c10-8(11)7-3-5-4-9-2-1-6(5)12-7;8-6(9)5-3-1-2-4-7-5/h3,9H,1-2,4H2,(H,10,11);1-4H,(H,8,9). The van der Waals surface area contributed by atoms with Gasteiger partial charge in [0.15, 0.2) is 0 Å². The highest BCUT2D eigenvalue weighted by Gasteiger charge is 2.15. The summed E-state index contributed by atoms with van der Waals surface area (Å²) in [6.07, 6.45) is 2.41. The van der Waals surface area contributed by atoms with Crippen LogP contribution in [0, 0.1) is 0 Å². The summed E-state index contributed by atoms with van der Waals surface area (Å²) in [5.74, 6) is -1.80. The molecule has 0 amide bonds. The Balaban J connectivity index is 0.000000161. The number of hydrogen-bond donors (Lipinski definition) is 3. The van der Waals surface area contributed by atoms with E-state index in [0.29, 0.717) is 4.88 Å². The quantitative estimate of drug-likeness (QED) is 0.783. The minimum absolute atomic E-state index is 0.0810. The molecule has 6 nitrogen and oxygen atoms in total. The number of thiophene rings is 1. The van der Waals surface area contributed by atoms with E-state index in [2.05, 4.69) is 10.3 Å². The van der Waals surface area contributed by atoms with Gasteiger partial charge < -0.3 is 15.5 Å². The number of carboxylic acid groups (broad SMARTS) is 2. The van der Waals surface area contributed by atoms with Crippen molar-refractivity contribution >= 4 is 23.3 Å². The zero-order chi connectivity index (χ0) is 15.2. The predicted octanol–water partition coefficient (Wildman–Crippen LogP) is 1.87. The average Bonchev–Trinajstić information content (AvgIpc) is 2.93. The number of hydrogen-bond acceptors (Lipinski definition) is 5. The SMILES string of the molecule is O=C(O)c1cc2c(s1)CCNC2.O=C(O)c1ccccn1. The molecule has 1 aliphatic rings. The van der Waals surface area contributed by atoms with Crippen molar-refractivity contribution in [1.82, 2.24) is 10.3 Å². The number of carbonyl (C=O) groups is 2. The highest BCUT2D eigenvalue weighted by molar-refractivity contribution is 7.14. The second-order valence-electron chi connectivity index (χ2n) is 4.31. The van der Waals surface area contributed by atoms with Crippen molar-refractivity contribution in [3.63, 3.8) is 0 Å². The summed E-state index contributed by atoms with van der Waals surface area (Å²) >= 11 is 1.40. The number of fused-ring (bicyclic) bond motifs is 1. The molecule has 0 aromatic carbocycles. The van der Waals surface area contributed by atoms with E-state index in [1.165, 1.54) is 28.5 Å². The Morgan fingerprint density at radius 1 is 1.24 bits per heavy atom. The third kappa shape index (κ3) is 4.11. The molecule has 21 heavy (non-hydrogen) atoms. The Hall–Kier alpha value is -2.25. The lowest BCUT2D eigenvalue weighted by atomic mass is 10.1. The van der Waals surface area contributed by atoms with Crippen molar-refractivity contribution in [2.45, 2.75) is 13.0 Å². The Bertz CT molecular complexity index is 616. The number of aromatic nitrogens is 1. The molecule has 0 spiro atoms. The number of rotatable bonds is 2. The van der Waals surface area contributed by atoms with Crippen LogP contribution in [0.15, 0.2) is 30.5 Å². The van der Waals surface area contributed by atoms with Gasteiger partial charge >= 0.3 is 11.9 Å². The van der Waals surface area contributed by atoms with Crippen LogP contribution < -0.4 is 5.32 Å². The lowest BCUT2D eigenvalue weighted by Crippen LogP contribution is -2.21. The van der Waals surface area contributed by atoms with Crippen molar-refractivity contribution < 1.29 is 19.8 Å². The van der Waals surface area contributed by atoms with Crippen molar-refractivity contribution in [2.75, 3.05) is 6.54 Å². The van der Waals surface area contributed by atoms with E-state index in [0.717, 1.165) is 25.1 Å². The van der Waals surface area contributed by atoms with Crippen molar-refractivity contribution in [3.8, 4) is 0 Å². The maximum atomic E-state index is 10.6. The third-order valence-electron chi connectivity index (χ3n) is 2.84. The van der Waals surface area contributed by atoms with Crippen LogP contribution in [0.5, 0.6) is 0 Å². The molecule has 0 radical (unpaired) electrons. The zero-order valence-corrected chi connectivity index (χ0v) is 11.9. The predicted molar refractivity (Wildman–Crippen MR) is 77.9 cm³/mol. The summed E-state index contributed by atoms with van der Waals surface area (Å²) < 4.78 is 0. The molecule has 110 valence electrons. The summed E-state index contributed by atoms with van der Waals surface area (Å²) in [6, 6.07) is 6.53. The van der Waals surface area contributed by atoms with Gasteiger partial charge in [-0.1, -0.05) is 6.07 Å². The van der Waals surface area contributed by atoms with E-state index in [1.54, 1.807) is 18.2 Å². The van der Waals surface area contributed by atoms with Gasteiger partial charge in [0.1, 0.15) is 10.6 Å². The fraction of sp³-hybridized carbons (Fsp3) is 0.214. The molecule has 0 bridgehead atoms. The number of carboxylic acids is 2. The van der Waals surface area contributed by atoms with E-state index in [1.807, 2.05) is 0 Å². The van der Waals surface area contributed by atoms with E-state index < -0.39 is 11.9 Å². The Morgan fingerprint density at radius 3 is 2.57 bits per heavy atom. The van der Waals surface area contributed by atoms with E-state index in [4.69, 9.17) is 10.2 Å². The minimum atomic E-state index is -0.990. The van der Waals surface area contributed by atoms with Gasteiger partial charge in [0.25, 0.3) is 0 Å². The molecule has 0 aliphatic carbocycles. The van der Waals surface area contributed by atoms with E-state index in [9.17, 15) is 9.59 Å². The average molecular weight is 306 g/mol. The topological polar surface area (TPSA) is 99.5 Å². The van der Waals surface area contributed by atoms with Gasteiger partial charge in [-0.05, 0) is 30.2 Å². The fourth-order valence-electron chi connectivity index (χ4n) is 1.85. The number of nitrogens with zero attached hydrogens (tertiary/aromatic N) is 1. The van der Waals surface area contributed by atoms with Gasteiger partial charge in [0, 0.05) is 24.2 Å². The monoisotopic (exact) mass is 306 g/mol. The number of nitrogens with one attached hydrogen (secondary N) is 1. The lowest BCUT2D eigenvalue weighted by Gasteiger charge is -2.10. The van der Waals surface area contributed by atoms with Crippen LogP contribution in [0.3, 0.4) is 0 Å². The first-order valence-corrected chi connectivity index (χ1v) is 7.09. The zero-order valence-electron chi connectivity index (χ0n) is 11.1. The van der Waals surface area contributed by atoms with E-state index in [-0.39, 0.29) is 5.69 Å². The van der Waals surface area contributed by atoms with Crippen LogP contribution in [0.2, 0.25) is 0 Å². The normalized spacial score (nSPS) is 12.8. The van der Waals surface area contributed by atoms with Crippen LogP contribution in [-0.4, -0.2) is 33.7 Å². The molecule has 3 rings (SSSR count). The molecule has 0 unspecified atom stereocenters. The molecule has 0 saturated carbocycles. The van der Waals surface area contributed by atoms with Gasteiger partial charge in [-0.2, -0.15) is 0 Å². The van der Waals surface area contributed by atoms with Crippen LogP contribution in [-0.2, 0) is 13.0 Å². The van der Waals surface area contributed by atoms with Gasteiger partial charge in [-0.3, -0.25) is 0 Å². The summed E-state index contributed by atoms with van der Waals surface area (Å²) in [6.45, 7) is 1.78. The summed E-state index contributed by atoms with van der Waals surface area (Å²) in [4.78, 5) is 26.0. The van der Waals surface area contributed by atoms with Crippen LogP contribution in [0.4, 0.5) is 0 Å². The summed E-state index contributed by atoms with van der Waals surface area (Å²) in [7, 11) is 0. The molecule has 0 atom stereocenters. The highest BCUT2D eigenvalue weighted by atomic mass is 32.1. The number of pyridine rings is 1. The maximum absolute atomic E-state index is 10.6. The molecule has 1 aliphatic heterocycles. The molecule has 3 heterocycles. The first kappa shape index (κ1) is 15.1. The Labute approximate surface area is 125 Å². The third-order valence-corrected chi connectivity index (χ3v) is 4.06. The molecular weight excluding hydrogens is 292 g/mol. The maximum Gasteiger partial charge on any atom is 0.354 e. The van der Waals surface area contributed by atoms with Gasteiger partial charge in [-0.15, -0.1) is 11.3 Å². The molecule has 7 heteroatoms. The summed E-state index contributed by atoms with van der Waals surface area (Å²) in [5.41, 5.74) is 1.24. The molecule has 0 saturated heterocycles. The van der Waals surface area contributed by atoms with Crippen LogP contribution in [0.1, 0.15) is 30.6 Å². The number of aromatic carboxylic acids is 2. The molecular formula is C14H14N2O4S. The minimum Gasteiger partial charge on any atom is -0.477 e. The second kappa shape index (κ2) is 6.96.